The van der Waals surface area contributed by atoms with Gasteiger partial charge in [-0.25, -0.2) is 4.39 Å². The molecule has 0 bridgehead atoms. The van der Waals surface area contributed by atoms with Crippen LogP contribution >= 0.6 is 0 Å². The van der Waals surface area contributed by atoms with Crippen molar-refractivity contribution < 1.29 is 148 Å². The molecule has 76 heavy (non-hydrogen) atoms. The normalized spacial score (nSPS) is 48.4. The molecule has 0 spiro atoms. The van der Waals surface area contributed by atoms with Crippen molar-refractivity contribution in [1.82, 2.24) is 5.32 Å². The van der Waals surface area contributed by atoms with Gasteiger partial charge in [0.2, 0.25) is 5.91 Å². The average molecular weight is 1120 g/mol. The van der Waals surface area contributed by atoms with Crippen molar-refractivity contribution in [2.24, 2.45) is 5.73 Å². The summed E-state index contributed by atoms with van der Waals surface area (Å²) < 4.78 is 83.9. The Bertz CT molecular complexity index is 1760. The molecule has 0 saturated carbocycles. The molecule has 31 nitrogen and oxygen atoms in total. The van der Waals surface area contributed by atoms with Gasteiger partial charge >= 0.3 is 0 Å². The van der Waals surface area contributed by atoms with E-state index in [9.17, 15) is 90.9 Å². The third-order valence-electron chi connectivity index (χ3n) is 14.2. The number of rotatable bonds is 23. The zero-order valence-corrected chi connectivity index (χ0v) is 41.6. The van der Waals surface area contributed by atoms with E-state index in [2.05, 4.69) is 5.32 Å². The zero-order valence-electron chi connectivity index (χ0n) is 41.6. The van der Waals surface area contributed by atoms with Crippen LogP contribution in [0.3, 0.4) is 0 Å². The van der Waals surface area contributed by atoms with Crippen molar-refractivity contribution in [2.75, 3.05) is 52.9 Å². The van der Waals surface area contributed by atoms with E-state index < -0.39 is 230 Å². The summed E-state index contributed by atoms with van der Waals surface area (Å²) in [5.41, 5.74) is 3.55. The fourth-order valence-corrected chi connectivity index (χ4v) is 9.73. The summed E-state index contributed by atoms with van der Waals surface area (Å²) in [6.45, 7) is -3.17. The van der Waals surface area contributed by atoms with Crippen LogP contribution in [0.4, 0.5) is 4.39 Å². The molecule has 6 aliphatic heterocycles. The van der Waals surface area contributed by atoms with Crippen molar-refractivity contribution in [1.29, 1.82) is 0 Å². The number of alkyl halides is 1. The van der Waals surface area contributed by atoms with E-state index >= 15 is 0 Å². The number of carbonyl (C=O) groups is 1. The Hall–Kier alpha value is -1.76. The molecule has 0 radical (unpaired) electrons. The van der Waals surface area contributed by atoms with Crippen LogP contribution in [-0.2, 0) is 61.6 Å². The van der Waals surface area contributed by atoms with Crippen LogP contribution in [0.5, 0.6) is 0 Å². The standard InChI is InChI=1S/C44H77FN2O29/c1-15-23(54)28(59)31(62)41(67-15)75-37-29(60)25(56)18(9-48)70-43(37)73-35-22(47-16(2)52)38(68-19(10-49)26(35)57)74-36-27(58)20(11-50)69-42(33(36)64)72-34-21(12-51)71-39(32(63)30(34)61)66-14-44(13-45)8-17(53)24(55)40(76-44)65-7-5-3-4-6-46/h15,17-43,48-51,53-64H,3-14,46H2,1-2H3,(H,47,52)/t15?,17?,18?,19?,20?,21?,22?,23-,24?,25+,26+,27+,28?,29?,30?,31?,32?,33?,34+,35?,36?,37?,38+,39-,40-,41+,42-,43+,44?/m1/s1. The predicted molar refractivity (Wildman–Crippen MR) is 240 cm³/mol. The summed E-state index contributed by atoms with van der Waals surface area (Å²) in [6, 6.07) is -1.79. The Kier molecular flexibility index (Phi) is 23.6. The van der Waals surface area contributed by atoms with Gasteiger partial charge in [0, 0.05) is 20.0 Å². The van der Waals surface area contributed by atoms with Crippen LogP contribution in [-0.4, -0.2) is 318 Å². The lowest BCUT2D eigenvalue weighted by atomic mass is 9.91. The molecule has 0 aromatic rings. The molecule has 6 aliphatic rings. The topological polar surface area (TPSA) is 490 Å². The molecule has 0 aromatic heterocycles. The smallest absolute Gasteiger partial charge is 0.217 e. The Morgan fingerprint density at radius 2 is 1.07 bits per heavy atom. The number of carbonyl (C=O) groups excluding carboxylic acids is 1. The van der Waals surface area contributed by atoms with Gasteiger partial charge in [0.05, 0.1) is 45.2 Å². The lowest BCUT2D eigenvalue weighted by Gasteiger charge is -2.51. The lowest BCUT2D eigenvalue weighted by molar-refractivity contribution is -0.391. The Morgan fingerprint density at radius 1 is 0.539 bits per heavy atom. The summed E-state index contributed by atoms with van der Waals surface area (Å²) in [4.78, 5) is 12.8. The summed E-state index contributed by atoms with van der Waals surface area (Å²) in [7, 11) is 0. The molecule has 0 aromatic carbocycles. The molecular formula is C44H77FN2O29. The highest BCUT2D eigenvalue weighted by molar-refractivity contribution is 5.73. The highest BCUT2D eigenvalue weighted by atomic mass is 19.1. The van der Waals surface area contributed by atoms with Gasteiger partial charge in [-0.1, -0.05) is 0 Å². The van der Waals surface area contributed by atoms with Gasteiger partial charge in [-0.3, -0.25) is 4.79 Å². The first-order valence-corrected chi connectivity index (χ1v) is 25.0. The largest absolute Gasteiger partial charge is 0.394 e. The van der Waals surface area contributed by atoms with E-state index in [0.29, 0.717) is 25.8 Å². The molecule has 0 aliphatic carbocycles. The van der Waals surface area contributed by atoms with E-state index in [-0.39, 0.29) is 6.61 Å². The number of nitrogens with one attached hydrogen (secondary N) is 1. The van der Waals surface area contributed by atoms with Crippen molar-refractivity contribution in [2.45, 2.75) is 217 Å². The molecule has 444 valence electrons. The predicted octanol–water partition coefficient (Wildman–Crippen LogP) is -10.4. The number of nitrogens with two attached hydrogens (primary N) is 1. The minimum Gasteiger partial charge on any atom is -0.394 e. The van der Waals surface area contributed by atoms with Crippen molar-refractivity contribution >= 4 is 5.91 Å². The van der Waals surface area contributed by atoms with Crippen LogP contribution in [0, 0.1) is 0 Å². The maximum Gasteiger partial charge on any atom is 0.217 e. The van der Waals surface area contributed by atoms with Crippen LogP contribution < -0.4 is 11.1 Å². The summed E-state index contributed by atoms with van der Waals surface area (Å²) >= 11 is 0. The second-order valence-electron chi connectivity index (χ2n) is 19.7. The number of aliphatic hydroxyl groups is 16. The van der Waals surface area contributed by atoms with Gasteiger partial charge in [-0.15, -0.1) is 0 Å². The summed E-state index contributed by atoms with van der Waals surface area (Å²) in [5, 5.41) is 176. The third kappa shape index (κ3) is 14.3. The van der Waals surface area contributed by atoms with E-state index in [1.54, 1.807) is 0 Å². The monoisotopic (exact) mass is 1120 g/mol. The highest BCUT2D eigenvalue weighted by Crippen LogP contribution is 2.38. The molecule has 32 heteroatoms. The van der Waals surface area contributed by atoms with Crippen LogP contribution in [0.1, 0.15) is 39.5 Å². The first kappa shape index (κ1) is 63.4. The molecule has 1 amide bonds. The first-order valence-electron chi connectivity index (χ1n) is 25.0. The summed E-state index contributed by atoms with van der Waals surface area (Å²) in [6.07, 6.45) is -48.3. The first-order chi connectivity index (χ1) is 36.1. The van der Waals surface area contributed by atoms with E-state index in [1.165, 1.54) is 6.92 Å². The fourth-order valence-electron chi connectivity index (χ4n) is 9.73. The number of amides is 1. The Morgan fingerprint density at radius 3 is 1.68 bits per heavy atom. The minimum absolute atomic E-state index is 0.0692. The van der Waals surface area contributed by atoms with Crippen LogP contribution in [0.25, 0.3) is 0 Å². The Labute approximate surface area is 434 Å². The zero-order chi connectivity index (χ0) is 55.9. The number of aliphatic hydroxyl groups excluding tert-OH is 16. The maximum absolute atomic E-state index is 14.7. The third-order valence-corrected chi connectivity index (χ3v) is 14.2. The minimum atomic E-state index is -2.21. The second kappa shape index (κ2) is 28.3. The Balaban J connectivity index is 1.19. The lowest BCUT2D eigenvalue weighted by Crippen LogP contribution is -2.70. The van der Waals surface area contributed by atoms with E-state index in [0.717, 1.165) is 6.92 Å². The van der Waals surface area contributed by atoms with Crippen molar-refractivity contribution in [3.8, 4) is 0 Å². The molecule has 6 rings (SSSR count). The van der Waals surface area contributed by atoms with Gasteiger partial charge in [-0.05, 0) is 32.7 Å². The SMILES string of the molecule is CC(=O)NC1C(O[C@@H]2OC(CO)[C@H](O)C(O)C2O[C@@H]2OC(C)[C@@H](O)C(O)C2O)[C@@H](O)C(CO)O[C@H]1OC1C(O)[C@@H](O[C@H]2C(CO)O[C@@H](OCC3(CF)CC(O)C(O)[C@H](OCCCCCN)O3)C(O)C2O)OC(CO)[C@@H]1O. The van der Waals surface area contributed by atoms with Gasteiger partial charge in [-0.2, -0.15) is 0 Å². The molecule has 6 heterocycles. The van der Waals surface area contributed by atoms with E-state index in [4.69, 9.17) is 62.6 Å². The number of halogens is 1. The number of ether oxygens (including phenoxy) is 12. The van der Waals surface area contributed by atoms with Gasteiger partial charge in [0.15, 0.2) is 37.7 Å². The van der Waals surface area contributed by atoms with Crippen molar-refractivity contribution in [3.63, 3.8) is 0 Å². The molecule has 29 atom stereocenters. The number of unbranched alkanes of at least 4 members (excludes halogenated alkanes) is 2. The van der Waals surface area contributed by atoms with Crippen molar-refractivity contribution in [3.05, 3.63) is 0 Å². The molecular weight excluding hydrogens is 1040 g/mol. The van der Waals surface area contributed by atoms with Crippen LogP contribution in [0.2, 0.25) is 0 Å². The average Bonchev–Trinajstić information content (AvgIpc) is 3.41. The number of hydrogen-bond acceptors (Lipinski definition) is 30. The van der Waals surface area contributed by atoms with Gasteiger partial charge < -0.3 is 150 Å². The molecule has 18 unspecified atom stereocenters. The fraction of sp³-hybridized carbons (Fsp3) is 0.977. The molecule has 6 saturated heterocycles. The second-order valence-corrected chi connectivity index (χ2v) is 19.7. The van der Waals surface area contributed by atoms with E-state index in [1.807, 2.05) is 0 Å². The van der Waals surface area contributed by atoms with Gasteiger partial charge in [0.25, 0.3) is 0 Å². The number of hydrogen-bond donors (Lipinski definition) is 18. The molecule has 19 N–H and O–H groups in total. The molecule has 6 fully saturated rings. The summed E-state index contributed by atoms with van der Waals surface area (Å²) in [5.74, 6) is -0.859. The highest BCUT2D eigenvalue weighted by Gasteiger charge is 2.58. The van der Waals surface area contributed by atoms with Crippen LogP contribution in [0.15, 0.2) is 0 Å². The van der Waals surface area contributed by atoms with Gasteiger partial charge in [0.1, 0.15) is 134 Å². The maximum atomic E-state index is 14.7. The quantitative estimate of drug-likeness (QED) is 0.0423.